The van der Waals surface area contributed by atoms with Crippen LogP contribution < -0.4 is 20.5 Å². The van der Waals surface area contributed by atoms with Crippen molar-refractivity contribution in [3.05, 3.63) is 23.8 Å². The van der Waals surface area contributed by atoms with Gasteiger partial charge in [-0.3, -0.25) is 15.0 Å². The third-order valence-corrected chi connectivity index (χ3v) is 4.57. The van der Waals surface area contributed by atoms with E-state index in [-0.39, 0.29) is 12.5 Å². The van der Waals surface area contributed by atoms with Gasteiger partial charge in [0.15, 0.2) is 11.5 Å². The molecule has 3 amide bonds. The number of imide groups is 1. The van der Waals surface area contributed by atoms with Gasteiger partial charge in [0, 0.05) is 6.04 Å². The Hall–Kier alpha value is -2.28. The van der Waals surface area contributed by atoms with Gasteiger partial charge in [-0.2, -0.15) is 0 Å². The molecule has 0 bridgehead atoms. The molecule has 1 aromatic rings. The highest BCUT2D eigenvalue weighted by Gasteiger charge is 2.24. The van der Waals surface area contributed by atoms with Gasteiger partial charge in [0.25, 0.3) is 0 Å². The van der Waals surface area contributed by atoms with Crippen molar-refractivity contribution in [3.8, 4) is 11.5 Å². The zero-order chi connectivity index (χ0) is 18.2. The molecule has 0 spiro atoms. The number of benzene rings is 1. The van der Waals surface area contributed by atoms with Crippen LogP contribution in [0.3, 0.4) is 0 Å². The number of nitrogens with one attached hydrogen (secondary N) is 1. The predicted molar refractivity (Wildman–Crippen MR) is 94.8 cm³/mol. The van der Waals surface area contributed by atoms with Crippen molar-refractivity contribution in [2.45, 2.75) is 38.1 Å². The fraction of sp³-hybridized carbons (Fsp3) is 0.556. The van der Waals surface area contributed by atoms with Crippen LogP contribution >= 0.6 is 0 Å². The highest BCUT2D eigenvalue weighted by atomic mass is 16.5. The number of urea groups is 1. The lowest BCUT2D eigenvalue weighted by atomic mass is 9.95. The first kappa shape index (κ1) is 19.1. The van der Waals surface area contributed by atoms with Crippen LogP contribution in [0, 0.1) is 0 Å². The van der Waals surface area contributed by atoms with Gasteiger partial charge < -0.3 is 15.2 Å². The largest absolute Gasteiger partial charge is 0.493 e. The summed E-state index contributed by atoms with van der Waals surface area (Å²) in [5.74, 6) is 1.10. The van der Waals surface area contributed by atoms with E-state index in [4.69, 9.17) is 15.2 Å². The van der Waals surface area contributed by atoms with E-state index in [1.54, 1.807) is 14.2 Å². The molecule has 25 heavy (non-hydrogen) atoms. The number of carbonyl (C=O) groups is 2. The first-order valence-electron chi connectivity index (χ1n) is 8.57. The monoisotopic (exact) mass is 349 g/mol. The second kappa shape index (κ2) is 9.27. The maximum atomic E-state index is 11.8. The van der Waals surface area contributed by atoms with E-state index < -0.39 is 6.03 Å². The summed E-state index contributed by atoms with van der Waals surface area (Å²) in [4.78, 5) is 24.8. The van der Waals surface area contributed by atoms with Crippen molar-refractivity contribution in [3.63, 3.8) is 0 Å². The molecule has 1 aliphatic rings. The minimum absolute atomic E-state index is 0.208. The number of rotatable bonds is 7. The molecule has 0 aliphatic carbocycles. The van der Waals surface area contributed by atoms with E-state index in [9.17, 15) is 9.59 Å². The maximum Gasteiger partial charge on any atom is 0.318 e. The summed E-state index contributed by atoms with van der Waals surface area (Å²) >= 11 is 0. The molecule has 2 rings (SSSR count). The molecule has 0 aromatic heterocycles. The maximum absolute atomic E-state index is 11.8. The van der Waals surface area contributed by atoms with Crippen LogP contribution in [0.2, 0.25) is 0 Å². The summed E-state index contributed by atoms with van der Waals surface area (Å²) in [6.45, 7) is 1.07. The molecule has 3 N–H and O–H groups in total. The fourth-order valence-electron chi connectivity index (χ4n) is 3.33. The Bertz CT molecular complexity index is 606. The first-order valence-corrected chi connectivity index (χ1v) is 8.57. The topological polar surface area (TPSA) is 93.9 Å². The number of nitrogens with two attached hydrogens (primary N) is 1. The molecule has 0 radical (unpaired) electrons. The summed E-state index contributed by atoms with van der Waals surface area (Å²) in [7, 11) is 3.25. The van der Waals surface area contributed by atoms with Crippen LogP contribution in [0.4, 0.5) is 4.79 Å². The SMILES string of the molecule is COc1ccc(CCC2CCCCN2CC(=O)NC(N)=O)cc1OC. The number of primary amides is 1. The van der Waals surface area contributed by atoms with Gasteiger partial charge in [0.05, 0.1) is 20.8 Å². The lowest BCUT2D eigenvalue weighted by molar-refractivity contribution is -0.122. The van der Waals surface area contributed by atoms with Crippen LogP contribution in [0.5, 0.6) is 11.5 Å². The smallest absolute Gasteiger partial charge is 0.318 e. The third kappa shape index (κ3) is 5.63. The Morgan fingerprint density at radius 3 is 2.68 bits per heavy atom. The Balaban J connectivity index is 1.95. The number of nitrogens with zero attached hydrogens (tertiary/aromatic N) is 1. The molecular weight excluding hydrogens is 322 g/mol. The Morgan fingerprint density at radius 1 is 1.24 bits per heavy atom. The van der Waals surface area contributed by atoms with Crippen molar-refractivity contribution >= 4 is 11.9 Å². The normalized spacial score (nSPS) is 17.8. The zero-order valence-electron chi connectivity index (χ0n) is 14.9. The van der Waals surface area contributed by atoms with Gasteiger partial charge >= 0.3 is 6.03 Å². The summed E-state index contributed by atoms with van der Waals surface area (Å²) in [5.41, 5.74) is 6.18. The number of aryl methyl sites for hydroxylation is 1. The number of hydrogen-bond acceptors (Lipinski definition) is 5. The molecular formula is C18H27N3O4. The molecule has 0 saturated carbocycles. The molecule has 1 fully saturated rings. The number of carbonyl (C=O) groups excluding carboxylic acids is 2. The number of methoxy groups -OCH3 is 2. The van der Waals surface area contributed by atoms with Crippen LogP contribution in [0.25, 0.3) is 0 Å². The van der Waals surface area contributed by atoms with E-state index in [1.807, 2.05) is 18.2 Å². The van der Waals surface area contributed by atoms with Crippen molar-refractivity contribution in [2.75, 3.05) is 27.3 Å². The highest BCUT2D eigenvalue weighted by molar-refractivity contribution is 5.94. The molecule has 1 heterocycles. The minimum Gasteiger partial charge on any atom is -0.493 e. The molecule has 7 heteroatoms. The second-order valence-corrected chi connectivity index (χ2v) is 6.26. The van der Waals surface area contributed by atoms with Crippen LogP contribution in [-0.4, -0.2) is 50.2 Å². The predicted octanol–water partition coefficient (Wildman–Crippen LogP) is 1.69. The summed E-state index contributed by atoms with van der Waals surface area (Å²) in [6, 6.07) is 5.46. The lowest BCUT2D eigenvalue weighted by Gasteiger charge is -2.35. The quantitative estimate of drug-likeness (QED) is 0.781. The molecule has 1 saturated heterocycles. The van der Waals surface area contributed by atoms with Crippen LogP contribution in [-0.2, 0) is 11.2 Å². The molecule has 1 atom stereocenters. The number of hydrogen-bond donors (Lipinski definition) is 2. The van der Waals surface area contributed by atoms with Gasteiger partial charge in [0.1, 0.15) is 0 Å². The van der Waals surface area contributed by atoms with Gasteiger partial charge in [-0.25, -0.2) is 4.79 Å². The number of piperidine rings is 1. The van der Waals surface area contributed by atoms with Crippen LogP contribution in [0.1, 0.15) is 31.2 Å². The summed E-state index contributed by atoms with van der Waals surface area (Å²) < 4.78 is 10.6. The van der Waals surface area contributed by atoms with Gasteiger partial charge in [0.2, 0.25) is 5.91 Å². The Kier molecular flexibility index (Phi) is 7.06. The zero-order valence-corrected chi connectivity index (χ0v) is 14.9. The first-order chi connectivity index (χ1) is 12.0. The van der Waals surface area contributed by atoms with E-state index >= 15 is 0 Å². The second-order valence-electron chi connectivity index (χ2n) is 6.26. The van der Waals surface area contributed by atoms with Crippen molar-refractivity contribution in [1.29, 1.82) is 0 Å². The molecule has 1 unspecified atom stereocenters. The summed E-state index contributed by atoms with van der Waals surface area (Å²) in [6.07, 6.45) is 5.11. The average Bonchev–Trinajstić information content (AvgIpc) is 2.60. The number of ether oxygens (including phenoxy) is 2. The van der Waals surface area contributed by atoms with E-state index in [1.165, 1.54) is 5.56 Å². The Labute approximate surface area is 148 Å². The van der Waals surface area contributed by atoms with Crippen LogP contribution in [0.15, 0.2) is 18.2 Å². The lowest BCUT2D eigenvalue weighted by Crippen LogP contribution is -2.47. The average molecular weight is 349 g/mol. The van der Waals surface area contributed by atoms with Gasteiger partial charge in [-0.05, 0) is 49.9 Å². The minimum atomic E-state index is -0.802. The number of amides is 3. The molecule has 1 aromatic carbocycles. The highest BCUT2D eigenvalue weighted by Crippen LogP contribution is 2.29. The van der Waals surface area contributed by atoms with Crippen molar-refractivity contribution in [2.24, 2.45) is 5.73 Å². The van der Waals surface area contributed by atoms with E-state index in [2.05, 4.69) is 10.2 Å². The molecule has 1 aliphatic heterocycles. The standard InChI is InChI=1S/C18H27N3O4/c1-24-15-9-7-13(11-16(15)25-2)6-8-14-5-3-4-10-21(14)12-17(22)20-18(19)23/h7,9,11,14H,3-6,8,10,12H2,1-2H3,(H3,19,20,22,23). The fourth-order valence-corrected chi connectivity index (χ4v) is 3.33. The van der Waals surface area contributed by atoms with Crippen molar-refractivity contribution < 1.29 is 19.1 Å². The Morgan fingerprint density at radius 2 is 2.00 bits per heavy atom. The molecule has 7 nitrogen and oxygen atoms in total. The van der Waals surface area contributed by atoms with E-state index in [0.29, 0.717) is 11.8 Å². The van der Waals surface area contributed by atoms with Crippen molar-refractivity contribution in [1.82, 2.24) is 10.2 Å². The van der Waals surface area contributed by atoms with E-state index in [0.717, 1.165) is 44.4 Å². The van der Waals surface area contributed by atoms with Gasteiger partial charge in [-0.1, -0.05) is 12.5 Å². The third-order valence-electron chi connectivity index (χ3n) is 4.57. The molecule has 138 valence electrons. The number of likely N-dealkylation sites (tertiary alicyclic amines) is 1. The summed E-state index contributed by atoms with van der Waals surface area (Å²) in [5, 5.41) is 2.14. The van der Waals surface area contributed by atoms with Gasteiger partial charge in [-0.15, -0.1) is 0 Å².